The lowest BCUT2D eigenvalue weighted by Gasteiger charge is -2.27. The number of carbonyl (C=O) groups excluding carboxylic acids is 3. The lowest BCUT2D eigenvalue weighted by molar-refractivity contribution is -0.153. The Morgan fingerprint density at radius 3 is 2.00 bits per heavy atom. The van der Waals surface area contributed by atoms with Crippen LogP contribution in [0.5, 0.6) is 23.0 Å². The Labute approximate surface area is 239 Å². The highest BCUT2D eigenvalue weighted by Gasteiger charge is 2.30. The van der Waals surface area contributed by atoms with Crippen LogP contribution in [0.4, 0.5) is 0 Å². The topological polar surface area (TPSA) is 119 Å². The van der Waals surface area contributed by atoms with Gasteiger partial charge in [0.2, 0.25) is 6.79 Å². The Kier molecular flexibility index (Phi) is 11.1. The minimum atomic E-state index is -0.796. The second kappa shape index (κ2) is 14.7. The van der Waals surface area contributed by atoms with Gasteiger partial charge in [-0.1, -0.05) is 31.2 Å². The van der Waals surface area contributed by atoms with Gasteiger partial charge in [-0.05, 0) is 42.3 Å². The van der Waals surface area contributed by atoms with Crippen molar-refractivity contribution in [2.75, 3.05) is 28.1 Å². The highest BCUT2D eigenvalue weighted by molar-refractivity contribution is 5.99. The van der Waals surface area contributed by atoms with Crippen molar-refractivity contribution >= 4 is 17.7 Å². The maximum atomic E-state index is 13.2. The van der Waals surface area contributed by atoms with Crippen LogP contribution >= 0.6 is 0 Å². The smallest absolute Gasteiger partial charge is 0.309 e. The number of rotatable bonds is 14. The van der Waals surface area contributed by atoms with Crippen LogP contribution < -0.4 is 18.9 Å². The number of methoxy groups -OCH3 is 3. The molecule has 0 saturated carbocycles. The van der Waals surface area contributed by atoms with Gasteiger partial charge < -0.3 is 28.4 Å². The zero-order chi connectivity index (χ0) is 29.9. The average molecular weight is 566 g/mol. The molecule has 0 saturated heterocycles. The van der Waals surface area contributed by atoms with Crippen LogP contribution in [0.25, 0.3) is 0 Å². The third-order valence-corrected chi connectivity index (χ3v) is 6.39. The number of ketones is 1. The zero-order valence-corrected chi connectivity index (χ0v) is 24.0. The van der Waals surface area contributed by atoms with Crippen LogP contribution in [-0.2, 0) is 19.1 Å². The van der Waals surface area contributed by atoms with Gasteiger partial charge in [0.1, 0.15) is 17.6 Å². The highest BCUT2D eigenvalue weighted by atomic mass is 16.7. The highest BCUT2D eigenvalue weighted by Crippen LogP contribution is 2.35. The van der Waals surface area contributed by atoms with Crippen LogP contribution in [-0.4, -0.2) is 56.9 Å². The van der Waals surface area contributed by atoms with E-state index in [1.807, 2.05) is 48.5 Å². The second-order valence-electron chi connectivity index (χ2n) is 9.29. The predicted molar refractivity (Wildman–Crippen MR) is 150 cm³/mol. The van der Waals surface area contributed by atoms with E-state index in [0.717, 1.165) is 11.1 Å². The van der Waals surface area contributed by atoms with Crippen molar-refractivity contribution in [1.29, 1.82) is 0 Å². The second-order valence-corrected chi connectivity index (χ2v) is 9.29. The Bertz CT molecular complexity index is 1310. The van der Waals surface area contributed by atoms with Crippen LogP contribution in [0.3, 0.4) is 0 Å². The Hall–Kier alpha value is -4.60. The summed E-state index contributed by atoms with van der Waals surface area (Å²) in [5.41, 5.74) is 1.73. The summed E-state index contributed by atoms with van der Waals surface area (Å²) in [4.78, 5) is 41.7. The molecule has 0 aliphatic heterocycles. The maximum absolute atomic E-state index is 13.2. The zero-order valence-electron chi connectivity index (χ0n) is 24.0. The first-order valence-electron chi connectivity index (χ1n) is 13.0. The lowest BCUT2D eigenvalue weighted by atomic mass is 9.86. The number of carbonyl (C=O) groups is 3. The van der Waals surface area contributed by atoms with E-state index in [-0.39, 0.29) is 29.5 Å². The first-order chi connectivity index (χ1) is 19.7. The number of pyridine rings is 1. The molecule has 3 rings (SSSR count). The molecule has 0 N–H and O–H groups in total. The molecule has 0 unspecified atom stereocenters. The van der Waals surface area contributed by atoms with E-state index in [0.29, 0.717) is 11.5 Å². The van der Waals surface area contributed by atoms with Crippen molar-refractivity contribution in [3.8, 4) is 23.0 Å². The van der Waals surface area contributed by atoms with E-state index < -0.39 is 36.5 Å². The molecule has 41 heavy (non-hydrogen) atoms. The molecule has 0 aliphatic rings. The maximum Gasteiger partial charge on any atom is 0.309 e. The standard InChI is InChI=1S/C31H35NO9/c1-19(15-26(34)29-30(40-18-39-21(3)33)27(38-6)13-14-32-29)31(35)41-20(2)28(22-9-7-11-24(16-22)36-4)23-10-8-12-25(17-23)37-5/h7-14,16-17,19-20,28H,15,18H2,1-6H3/t19-,20+/m1/s1. The quantitative estimate of drug-likeness (QED) is 0.150. The minimum Gasteiger partial charge on any atom is -0.497 e. The Morgan fingerprint density at radius 1 is 0.854 bits per heavy atom. The van der Waals surface area contributed by atoms with Crippen molar-refractivity contribution in [2.24, 2.45) is 5.92 Å². The fourth-order valence-electron chi connectivity index (χ4n) is 4.33. The number of Topliss-reactive ketones (excluding diaryl/α,β-unsaturated/α-hetero) is 1. The molecular formula is C31H35NO9. The molecule has 0 amide bonds. The fraction of sp³-hybridized carbons (Fsp3) is 0.355. The summed E-state index contributed by atoms with van der Waals surface area (Å²) in [7, 11) is 4.59. The van der Waals surface area contributed by atoms with Crippen molar-refractivity contribution in [3.05, 3.63) is 77.6 Å². The van der Waals surface area contributed by atoms with Gasteiger partial charge in [-0.3, -0.25) is 14.4 Å². The Balaban J connectivity index is 1.80. The monoisotopic (exact) mass is 565 g/mol. The van der Waals surface area contributed by atoms with Crippen molar-refractivity contribution < 1.29 is 42.8 Å². The molecule has 0 aliphatic carbocycles. The van der Waals surface area contributed by atoms with E-state index in [2.05, 4.69) is 4.98 Å². The van der Waals surface area contributed by atoms with Gasteiger partial charge in [-0.15, -0.1) is 0 Å². The molecule has 2 aromatic carbocycles. The van der Waals surface area contributed by atoms with E-state index in [9.17, 15) is 14.4 Å². The normalized spacial score (nSPS) is 12.2. The van der Waals surface area contributed by atoms with E-state index in [4.69, 9.17) is 28.4 Å². The number of nitrogens with zero attached hydrogens (tertiary/aromatic N) is 1. The number of hydrogen-bond acceptors (Lipinski definition) is 10. The summed E-state index contributed by atoms with van der Waals surface area (Å²) in [6, 6.07) is 16.6. The SMILES string of the molecule is COc1cccc(C(c2cccc(OC)c2)[C@H](C)OC(=O)[C@H](C)CC(=O)c2nccc(OC)c2OCOC(C)=O)c1. The first kappa shape index (κ1) is 30.9. The molecule has 0 radical (unpaired) electrons. The van der Waals surface area contributed by atoms with Gasteiger partial charge in [0.25, 0.3) is 0 Å². The van der Waals surface area contributed by atoms with Gasteiger partial charge >= 0.3 is 11.9 Å². The minimum absolute atomic E-state index is 0.0197. The van der Waals surface area contributed by atoms with Crippen LogP contribution in [0.2, 0.25) is 0 Å². The largest absolute Gasteiger partial charge is 0.497 e. The van der Waals surface area contributed by atoms with Crippen LogP contribution in [0.15, 0.2) is 60.8 Å². The first-order valence-corrected chi connectivity index (χ1v) is 13.0. The van der Waals surface area contributed by atoms with Gasteiger partial charge in [0, 0.05) is 31.5 Å². The van der Waals surface area contributed by atoms with Gasteiger partial charge in [-0.25, -0.2) is 4.98 Å². The van der Waals surface area contributed by atoms with Gasteiger partial charge in [0.15, 0.2) is 23.0 Å². The number of hydrogen-bond donors (Lipinski definition) is 0. The molecule has 0 spiro atoms. The van der Waals surface area contributed by atoms with E-state index in [1.165, 1.54) is 26.3 Å². The van der Waals surface area contributed by atoms with Crippen LogP contribution in [0, 0.1) is 5.92 Å². The predicted octanol–water partition coefficient (Wildman–Crippen LogP) is 4.98. The summed E-state index contributed by atoms with van der Waals surface area (Å²) in [5.74, 6) is -1.10. The third-order valence-electron chi connectivity index (χ3n) is 6.39. The summed E-state index contributed by atoms with van der Waals surface area (Å²) < 4.78 is 32.3. The molecular weight excluding hydrogens is 530 g/mol. The fourth-order valence-corrected chi connectivity index (χ4v) is 4.33. The number of ether oxygens (including phenoxy) is 6. The summed E-state index contributed by atoms with van der Waals surface area (Å²) >= 11 is 0. The van der Waals surface area contributed by atoms with E-state index in [1.54, 1.807) is 28.1 Å². The molecule has 10 nitrogen and oxygen atoms in total. The number of benzene rings is 2. The van der Waals surface area contributed by atoms with Gasteiger partial charge in [-0.2, -0.15) is 0 Å². The summed E-state index contributed by atoms with van der Waals surface area (Å²) in [6.07, 6.45) is 0.596. The number of esters is 2. The average Bonchev–Trinajstić information content (AvgIpc) is 2.97. The summed E-state index contributed by atoms with van der Waals surface area (Å²) in [5, 5.41) is 0. The molecule has 0 bridgehead atoms. The molecule has 2 atom stereocenters. The van der Waals surface area contributed by atoms with Gasteiger partial charge in [0.05, 0.1) is 27.2 Å². The van der Waals surface area contributed by atoms with Crippen LogP contribution in [0.1, 0.15) is 54.7 Å². The van der Waals surface area contributed by atoms with E-state index >= 15 is 0 Å². The third kappa shape index (κ3) is 8.20. The van der Waals surface area contributed by atoms with Crippen molar-refractivity contribution in [1.82, 2.24) is 4.98 Å². The summed E-state index contributed by atoms with van der Waals surface area (Å²) in [6.45, 7) is 4.22. The lowest BCUT2D eigenvalue weighted by Crippen LogP contribution is -2.28. The Morgan fingerprint density at radius 2 is 1.46 bits per heavy atom. The molecule has 10 heteroatoms. The molecule has 1 heterocycles. The molecule has 3 aromatic rings. The molecule has 1 aromatic heterocycles. The van der Waals surface area contributed by atoms with Crippen molar-refractivity contribution in [3.63, 3.8) is 0 Å². The molecule has 0 fully saturated rings. The number of aromatic nitrogens is 1. The van der Waals surface area contributed by atoms with Crippen molar-refractivity contribution in [2.45, 2.75) is 39.2 Å². The molecule has 218 valence electrons.